The standard InChI is InChI=1S/C18H18O4S/c1-12-3-9-15(10-4-12)23-17(18(20)21)11-16(19)13-5-7-14(22-2)8-6-13/h3-10,17H,11H2,1-2H3,(H,20,21). The summed E-state index contributed by atoms with van der Waals surface area (Å²) in [5.41, 5.74) is 1.59. The van der Waals surface area contributed by atoms with Crippen LogP contribution in [0.1, 0.15) is 22.3 Å². The highest BCUT2D eigenvalue weighted by Crippen LogP contribution is 2.27. The van der Waals surface area contributed by atoms with Gasteiger partial charge in [-0.1, -0.05) is 17.7 Å². The van der Waals surface area contributed by atoms with Crippen molar-refractivity contribution >= 4 is 23.5 Å². The number of benzene rings is 2. The molecule has 0 fully saturated rings. The van der Waals surface area contributed by atoms with Crippen molar-refractivity contribution in [1.82, 2.24) is 0 Å². The maximum Gasteiger partial charge on any atom is 0.317 e. The summed E-state index contributed by atoms with van der Waals surface area (Å²) in [6.45, 7) is 1.97. The number of hydrogen-bond donors (Lipinski definition) is 1. The van der Waals surface area contributed by atoms with Crippen LogP contribution in [0.2, 0.25) is 0 Å². The Morgan fingerprint density at radius 2 is 1.70 bits per heavy atom. The fraction of sp³-hybridized carbons (Fsp3) is 0.222. The topological polar surface area (TPSA) is 63.6 Å². The van der Waals surface area contributed by atoms with E-state index in [2.05, 4.69) is 0 Å². The first-order chi connectivity index (χ1) is 11.0. The van der Waals surface area contributed by atoms with Crippen LogP contribution in [-0.2, 0) is 4.79 Å². The number of aryl methyl sites for hydroxylation is 1. The van der Waals surface area contributed by atoms with Crippen molar-refractivity contribution in [3.8, 4) is 5.75 Å². The van der Waals surface area contributed by atoms with Crippen LogP contribution < -0.4 is 4.74 Å². The van der Waals surface area contributed by atoms with Crippen LogP contribution in [0.15, 0.2) is 53.4 Å². The lowest BCUT2D eigenvalue weighted by Crippen LogP contribution is -2.20. The molecule has 0 aromatic heterocycles. The summed E-state index contributed by atoms with van der Waals surface area (Å²) in [6.07, 6.45) is -0.0554. The molecule has 1 atom stereocenters. The minimum atomic E-state index is -0.988. The quantitative estimate of drug-likeness (QED) is 0.617. The van der Waals surface area contributed by atoms with E-state index in [4.69, 9.17) is 4.74 Å². The second kappa shape index (κ2) is 7.83. The molecule has 2 aromatic carbocycles. The molecule has 2 rings (SSSR count). The zero-order valence-electron chi connectivity index (χ0n) is 13.0. The molecule has 23 heavy (non-hydrogen) atoms. The van der Waals surface area contributed by atoms with Crippen LogP contribution in [0, 0.1) is 6.92 Å². The molecule has 0 heterocycles. The van der Waals surface area contributed by atoms with E-state index in [9.17, 15) is 14.7 Å². The van der Waals surface area contributed by atoms with E-state index in [0.29, 0.717) is 11.3 Å². The second-order valence-corrected chi connectivity index (χ2v) is 6.39. The molecule has 0 bridgehead atoms. The summed E-state index contributed by atoms with van der Waals surface area (Å²) < 4.78 is 5.05. The van der Waals surface area contributed by atoms with Crippen molar-refractivity contribution < 1.29 is 19.4 Å². The van der Waals surface area contributed by atoms with Crippen molar-refractivity contribution in [2.45, 2.75) is 23.5 Å². The Balaban J connectivity index is 2.07. The molecule has 0 saturated carbocycles. The maximum absolute atomic E-state index is 12.3. The third-order valence-electron chi connectivity index (χ3n) is 3.36. The van der Waals surface area contributed by atoms with Crippen molar-refractivity contribution in [2.24, 2.45) is 0 Å². The molecule has 0 aliphatic rings. The summed E-state index contributed by atoms with van der Waals surface area (Å²) in [7, 11) is 1.55. The van der Waals surface area contributed by atoms with Gasteiger partial charge in [0.1, 0.15) is 11.0 Å². The lowest BCUT2D eigenvalue weighted by Gasteiger charge is -2.12. The lowest BCUT2D eigenvalue weighted by atomic mass is 10.1. The number of rotatable bonds is 7. The Bertz CT molecular complexity index is 677. The highest BCUT2D eigenvalue weighted by molar-refractivity contribution is 8.00. The monoisotopic (exact) mass is 330 g/mol. The van der Waals surface area contributed by atoms with Crippen LogP contribution in [0.5, 0.6) is 5.75 Å². The second-order valence-electron chi connectivity index (χ2n) is 5.11. The Labute approximate surface area is 139 Å². The van der Waals surface area contributed by atoms with Crippen molar-refractivity contribution in [2.75, 3.05) is 7.11 Å². The Morgan fingerprint density at radius 3 is 2.22 bits per heavy atom. The molecular weight excluding hydrogens is 312 g/mol. The molecule has 0 amide bonds. The molecule has 1 N–H and O–H groups in total. The van der Waals surface area contributed by atoms with Gasteiger partial charge >= 0.3 is 5.97 Å². The maximum atomic E-state index is 12.3. The number of aliphatic carboxylic acids is 1. The average Bonchev–Trinajstić information content (AvgIpc) is 2.56. The zero-order chi connectivity index (χ0) is 16.8. The fourth-order valence-electron chi connectivity index (χ4n) is 2.02. The number of methoxy groups -OCH3 is 1. The summed E-state index contributed by atoms with van der Waals surface area (Å²) >= 11 is 1.19. The smallest absolute Gasteiger partial charge is 0.317 e. The Morgan fingerprint density at radius 1 is 1.09 bits per heavy atom. The van der Waals surface area contributed by atoms with E-state index in [1.165, 1.54) is 11.8 Å². The number of thioether (sulfide) groups is 1. The van der Waals surface area contributed by atoms with Gasteiger partial charge in [0.2, 0.25) is 0 Å². The molecule has 120 valence electrons. The molecule has 0 saturated heterocycles. The van der Waals surface area contributed by atoms with Crippen LogP contribution in [0.4, 0.5) is 0 Å². The van der Waals surface area contributed by atoms with Gasteiger partial charge in [-0.15, -0.1) is 11.8 Å². The number of carboxylic acid groups (broad SMARTS) is 1. The van der Waals surface area contributed by atoms with Gasteiger partial charge in [0.25, 0.3) is 0 Å². The minimum Gasteiger partial charge on any atom is -0.497 e. The number of ether oxygens (including phenoxy) is 1. The SMILES string of the molecule is COc1ccc(C(=O)CC(Sc2ccc(C)cc2)C(=O)O)cc1. The van der Waals surface area contributed by atoms with E-state index in [-0.39, 0.29) is 12.2 Å². The van der Waals surface area contributed by atoms with Crippen LogP contribution in [0.25, 0.3) is 0 Å². The van der Waals surface area contributed by atoms with E-state index >= 15 is 0 Å². The predicted molar refractivity (Wildman–Crippen MR) is 90.4 cm³/mol. The number of ketones is 1. The molecule has 0 spiro atoms. The van der Waals surface area contributed by atoms with Gasteiger partial charge in [0.05, 0.1) is 7.11 Å². The molecule has 4 nitrogen and oxygen atoms in total. The molecule has 0 aliphatic heterocycles. The summed E-state index contributed by atoms with van der Waals surface area (Å²) in [5.74, 6) is -0.525. The molecular formula is C18H18O4S. The van der Waals surface area contributed by atoms with Gasteiger partial charge in [-0.05, 0) is 43.3 Å². The molecule has 1 unspecified atom stereocenters. The van der Waals surface area contributed by atoms with E-state index in [0.717, 1.165) is 10.5 Å². The number of hydrogen-bond acceptors (Lipinski definition) is 4. The first-order valence-corrected chi connectivity index (χ1v) is 8.01. The number of carboxylic acids is 1. The van der Waals surface area contributed by atoms with Gasteiger partial charge < -0.3 is 9.84 Å². The van der Waals surface area contributed by atoms with Crippen molar-refractivity contribution in [1.29, 1.82) is 0 Å². The number of carbonyl (C=O) groups is 2. The molecule has 0 radical (unpaired) electrons. The largest absolute Gasteiger partial charge is 0.497 e. The van der Waals surface area contributed by atoms with Crippen molar-refractivity contribution in [3.63, 3.8) is 0 Å². The summed E-state index contributed by atoms with van der Waals surface area (Å²) in [6, 6.07) is 14.3. The fourth-order valence-corrected chi connectivity index (χ4v) is 2.98. The average molecular weight is 330 g/mol. The van der Waals surface area contributed by atoms with Gasteiger partial charge in [-0.3, -0.25) is 9.59 Å². The van der Waals surface area contributed by atoms with Crippen molar-refractivity contribution in [3.05, 3.63) is 59.7 Å². The highest BCUT2D eigenvalue weighted by atomic mass is 32.2. The van der Waals surface area contributed by atoms with Crippen LogP contribution >= 0.6 is 11.8 Å². The third-order valence-corrected chi connectivity index (χ3v) is 4.55. The Kier molecular flexibility index (Phi) is 5.82. The third kappa shape index (κ3) is 4.86. The van der Waals surface area contributed by atoms with Gasteiger partial charge in [-0.25, -0.2) is 0 Å². The predicted octanol–water partition coefficient (Wildman–Crippen LogP) is 3.82. The van der Waals surface area contributed by atoms with Gasteiger partial charge in [0.15, 0.2) is 5.78 Å². The summed E-state index contributed by atoms with van der Waals surface area (Å²) in [5, 5.41) is 8.56. The number of carbonyl (C=O) groups excluding carboxylic acids is 1. The first kappa shape index (κ1) is 17.1. The zero-order valence-corrected chi connectivity index (χ0v) is 13.8. The molecule has 5 heteroatoms. The Hall–Kier alpha value is -2.27. The normalized spacial score (nSPS) is 11.7. The summed E-state index contributed by atoms with van der Waals surface area (Å²) in [4.78, 5) is 24.6. The number of Topliss-reactive ketones (excluding diaryl/α,β-unsaturated/α-hetero) is 1. The molecule has 2 aromatic rings. The molecule has 0 aliphatic carbocycles. The lowest BCUT2D eigenvalue weighted by molar-refractivity contribution is -0.136. The van der Waals surface area contributed by atoms with E-state index in [1.807, 2.05) is 31.2 Å². The van der Waals surface area contributed by atoms with E-state index < -0.39 is 11.2 Å². The van der Waals surface area contributed by atoms with Crippen LogP contribution in [0.3, 0.4) is 0 Å². The minimum absolute atomic E-state index is 0.0554. The highest BCUT2D eigenvalue weighted by Gasteiger charge is 2.23. The van der Waals surface area contributed by atoms with E-state index in [1.54, 1.807) is 31.4 Å². The van der Waals surface area contributed by atoms with Gasteiger partial charge in [0, 0.05) is 16.9 Å². The van der Waals surface area contributed by atoms with Crippen LogP contribution in [-0.4, -0.2) is 29.2 Å². The first-order valence-electron chi connectivity index (χ1n) is 7.13. The van der Waals surface area contributed by atoms with Gasteiger partial charge in [-0.2, -0.15) is 0 Å².